The van der Waals surface area contributed by atoms with Crippen molar-refractivity contribution in [3.05, 3.63) is 0 Å². The fourth-order valence-corrected chi connectivity index (χ4v) is 2.16. The van der Waals surface area contributed by atoms with Crippen LogP contribution in [0.5, 0.6) is 0 Å². The lowest BCUT2D eigenvalue weighted by molar-refractivity contribution is -0.122. The Morgan fingerprint density at radius 2 is 2.06 bits per heavy atom. The van der Waals surface area contributed by atoms with Gasteiger partial charge in [-0.25, -0.2) is 0 Å². The van der Waals surface area contributed by atoms with Crippen molar-refractivity contribution in [1.82, 2.24) is 15.5 Å². The Kier molecular flexibility index (Phi) is 6.42. The molecule has 94 valence electrons. The van der Waals surface area contributed by atoms with Gasteiger partial charge in [-0.2, -0.15) is 0 Å². The summed E-state index contributed by atoms with van der Waals surface area (Å²) in [5.41, 5.74) is 0. The lowest BCUT2D eigenvalue weighted by atomic mass is 9.97. The van der Waals surface area contributed by atoms with Gasteiger partial charge >= 0.3 is 0 Å². The third-order valence-corrected chi connectivity index (χ3v) is 3.14. The molecule has 0 radical (unpaired) electrons. The average molecular weight is 227 g/mol. The average Bonchev–Trinajstić information content (AvgIpc) is 2.29. The molecule has 4 nitrogen and oxygen atoms in total. The zero-order valence-corrected chi connectivity index (χ0v) is 10.6. The molecule has 16 heavy (non-hydrogen) atoms. The summed E-state index contributed by atoms with van der Waals surface area (Å²) in [5.74, 6) is 0.967. The van der Waals surface area contributed by atoms with Gasteiger partial charge < -0.3 is 10.6 Å². The first-order valence-electron chi connectivity index (χ1n) is 6.40. The van der Waals surface area contributed by atoms with E-state index in [1.165, 1.54) is 12.8 Å². The first-order chi connectivity index (χ1) is 7.76. The number of nitrogens with zero attached hydrogens (tertiary/aromatic N) is 1. The van der Waals surface area contributed by atoms with Crippen LogP contribution in [0.1, 0.15) is 26.2 Å². The normalized spacial score (nSPS) is 18.6. The highest BCUT2D eigenvalue weighted by Crippen LogP contribution is 2.15. The molecule has 0 aromatic carbocycles. The molecule has 0 spiro atoms. The van der Waals surface area contributed by atoms with E-state index in [-0.39, 0.29) is 5.91 Å². The number of hydrogen-bond donors (Lipinski definition) is 2. The maximum atomic E-state index is 11.5. The highest BCUT2D eigenvalue weighted by atomic mass is 16.2. The van der Waals surface area contributed by atoms with E-state index in [0.29, 0.717) is 6.54 Å². The molecule has 0 atom stereocenters. The van der Waals surface area contributed by atoms with Crippen LogP contribution in [0.2, 0.25) is 0 Å². The van der Waals surface area contributed by atoms with Gasteiger partial charge in [0.25, 0.3) is 0 Å². The van der Waals surface area contributed by atoms with Crippen LogP contribution < -0.4 is 10.6 Å². The number of amides is 1. The van der Waals surface area contributed by atoms with E-state index in [4.69, 9.17) is 0 Å². The Balaban J connectivity index is 2.14. The fourth-order valence-electron chi connectivity index (χ4n) is 2.16. The van der Waals surface area contributed by atoms with Crippen molar-refractivity contribution in [1.29, 1.82) is 0 Å². The van der Waals surface area contributed by atoms with E-state index in [1.807, 2.05) is 7.05 Å². The van der Waals surface area contributed by atoms with E-state index in [9.17, 15) is 4.79 Å². The van der Waals surface area contributed by atoms with Crippen molar-refractivity contribution in [2.24, 2.45) is 5.92 Å². The second-order valence-electron chi connectivity index (χ2n) is 4.63. The number of nitrogens with one attached hydrogen (secondary N) is 2. The Morgan fingerprint density at radius 3 is 2.62 bits per heavy atom. The zero-order valence-electron chi connectivity index (χ0n) is 10.6. The summed E-state index contributed by atoms with van der Waals surface area (Å²) >= 11 is 0. The SMILES string of the molecule is CCCNC(=O)CN1CCC(CNC)CC1. The minimum absolute atomic E-state index is 0.175. The van der Waals surface area contributed by atoms with Crippen LogP contribution in [0.25, 0.3) is 0 Å². The first kappa shape index (κ1) is 13.5. The van der Waals surface area contributed by atoms with Crippen LogP contribution in [-0.2, 0) is 4.79 Å². The van der Waals surface area contributed by atoms with E-state index in [0.717, 1.165) is 38.5 Å². The Morgan fingerprint density at radius 1 is 1.38 bits per heavy atom. The van der Waals surface area contributed by atoms with Crippen molar-refractivity contribution < 1.29 is 4.79 Å². The highest BCUT2D eigenvalue weighted by Gasteiger charge is 2.19. The van der Waals surface area contributed by atoms with Crippen molar-refractivity contribution in [2.45, 2.75) is 26.2 Å². The number of carbonyl (C=O) groups excluding carboxylic acids is 1. The van der Waals surface area contributed by atoms with E-state index in [1.54, 1.807) is 0 Å². The van der Waals surface area contributed by atoms with Gasteiger partial charge in [0.05, 0.1) is 6.54 Å². The summed E-state index contributed by atoms with van der Waals surface area (Å²) in [7, 11) is 2.00. The molecule has 0 aromatic heterocycles. The van der Waals surface area contributed by atoms with Crippen LogP contribution in [0.4, 0.5) is 0 Å². The fraction of sp³-hybridized carbons (Fsp3) is 0.917. The number of piperidine rings is 1. The molecule has 1 aliphatic rings. The van der Waals surface area contributed by atoms with Crippen LogP contribution in [-0.4, -0.2) is 50.6 Å². The maximum absolute atomic E-state index is 11.5. The molecular weight excluding hydrogens is 202 g/mol. The standard InChI is InChI=1S/C12H25N3O/c1-3-6-14-12(16)10-15-7-4-11(5-8-15)9-13-2/h11,13H,3-10H2,1-2H3,(H,14,16). The molecule has 1 rings (SSSR count). The molecule has 1 heterocycles. The Bertz CT molecular complexity index is 200. The Hall–Kier alpha value is -0.610. The van der Waals surface area contributed by atoms with Gasteiger partial charge in [-0.05, 0) is 51.9 Å². The van der Waals surface area contributed by atoms with Crippen LogP contribution in [0.15, 0.2) is 0 Å². The number of hydrogen-bond acceptors (Lipinski definition) is 3. The molecule has 1 saturated heterocycles. The highest BCUT2D eigenvalue weighted by molar-refractivity contribution is 5.77. The molecule has 1 aliphatic heterocycles. The third-order valence-electron chi connectivity index (χ3n) is 3.14. The first-order valence-corrected chi connectivity index (χ1v) is 6.40. The third kappa shape index (κ3) is 4.94. The van der Waals surface area contributed by atoms with Crippen LogP contribution in [0.3, 0.4) is 0 Å². The molecular formula is C12H25N3O. The van der Waals surface area contributed by atoms with Gasteiger partial charge in [0.2, 0.25) is 5.91 Å². The van der Waals surface area contributed by atoms with Crippen molar-refractivity contribution >= 4 is 5.91 Å². The minimum Gasteiger partial charge on any atom is -0.355 e. The van der Waals surface area contributed by atoms with Gasteiger partial charge in [-0.3, -0.25) is 9.69 Å². The summed E-state index contributed by atoms with van der Waals surface area (Å²) < 4.78 is 0. The molecule has 1 fully saturated rings. The number of likely N-dealkylation sites (tertiary alicyclic amines) is 1. The predicted molar refractivity (Wildman–Crippen MR) is 66.4 cm³/mol. The molecule has 2 N–H and O–H groups in total. The molecule has 4 heteroatoms. The van der Waals surface area contributed by atoms with E-state index >= 15 is 0 Å². The number of carbonyl (C=O) groups is 1. The largest absolute Gasteiger partial charge is 0.355 e. The van der Waals surface area contributed by atoms with Crippen LogP contribution in [0, 0.1) is 5.92 Å². The lowest BCUT2D eigenvalue weighted by Gasteiger charge is -2.31. The smallest absolute Gasteiger partial charge is 0.234 e. The van der Waals surface area contributed by atoms with Crippen molar-refractivity contribution in [3.63, 3.8) is 0 Å². The summed E-state index contributed by atoms with van der Waals surface area (Å²) in [6, 6.07) is 0. The maximum Gasteiger partial charge on any atom is 0.234 e. The summed E-state index contributed by atoms with van der Waals surface area (Å²) in [4.78, 5) is 13.8. The minimum atomic E-state index is 0.175. The monoisotopic (exact) mass is 227 g/mol. The summed E-state index contributed by atoms with van der Waals surface area (Å²) in [5, 5.41) is 6.15. The quantitative estimate of drug-likeness (QED) is 0.692. The van der Waals surface area contributed by atoms with Gasteiger partial charge in [0, 0.05) is 6.54 Å². The van der Waals surface area contributed by atoms with Gasteiger partial charge in [-0.1, -0.05) is 6.92 Å². The second-order valence-corrected chi connectivity index (χ2v) is 4.63. The molecule has 1 amide bonds. The van der Waals surface area contributed by atoms with Gasteiger partial charge in [0.15, 0.2) is 0 Å². The summed E-state index contributed by atoms with van der Waals surface area (Å²) in [6.45, 7) is 6.68. The Labute approximate surface area is 98.8 Å². The molecule has 0 unspecified atom stereocenters. The van der Waals surface area contributed by atoms with Crippen molar-refractivity contribution in [2.75, 3.05) is 39.8 Å². The lowest BCUT2D eigenvalue weighted by Crippen LogP contribution is -2.42. The predicted octanol–water partition coefficient (Wildman–Crippen LogP) is 0.444. The summed E-state index contributed by atoms with van der Waals surface area (Å²) in [6.07, 6.45) is 3.43. The van der Waals surface area contributed by atoms with Crippen LogP contribution >= 0.6 is 0 Å². The molecule has 0 bridgehead atoms. The molecule has 0 saturated carbocycles. The topological polar surface area (TPSA) is 44.4 Å². The van der Waals surface area contributed by atoms with E-state index in [2.05, 4.69) is 22.5 Å². The van der Waals surface area contributed by atoms with Gasteiger partial charge in [0.1, 0.15) is 0 Å². The van der Waals surface area contributed by atoms with E-state index < -0.39 is 0 Å². The molecule has 0 aliphatic carbocycles. The second kappa shape index (κ2) is 7.63. The zero-order chi connectivity index (χ0) is 11.8. The van der Waals surface area contributed by atoms with Crippen molar-refractivity contribution in [3.8, 4) is 0 Å². The molecule has 0 aromatic rings. The number of rotatable bonds is 6. The van der Waals surface area contributed by atoms with Gasteiger partial charge in [-0.15, -0.1) is 0 Å².